The van der Waals surface area contributed by atoms with Crippen molar-refractivity contribution in [2.75, 3.05) is 0 Å². The number of nitrogens with zero attached hydrogens (tertiary/aromatic N) is 4. The van der Waals surface area contributed by atoms with Gasteiger partial charge in [0.05, 0.1) is 6.54 Å². The lowest BCUT2D eigenvalue weighted by Crippen LogP contribution is -2.39. The van der Waals surface area contributed by atoms with Crippen LogP contribution in [0.25, 0.3) is 0 Å². The Kier molecular flexibility index (Phi) is 2.94. The molecule has 120 valence electrons. The molecule has 0 aromatic carbocycles. The van der Waals surface area contributed by atoms with Crippen LogP contribution in [0.2, 0.25) is 0 Å². The van der Waals surface area contributed by atoms with Gasteiger partial charge in [0.2, 0.25) is 0 Å². The first-order chi connectivity index (χ1) is 11.0. The Balaban J connectivity index is 1.75. The fraction of sp³-hybridized carbons (Fsp3) is 0.500. The van der Waals surface area contributed by atoms with E-state index in [9.17, 15) is 9.59 Å². The molecule has 0 saturated carbocycles. The van der Waals surface area contributed by atoms with Gasteiger partial charge in [-0.25, -0.2) is 14.3 Å². The zero-order valence-electron chi connectivity index (χ0n) is 13.1. The smallest absolute Gasteiger partial charge is 0.347 e. The molecule has 2 aliphatic rings. The Morgan fingerprint density at radius 2 is 2.22 bits per heavy atom. The Morgan fingerprint density at radius 1 is 1.39 bits per heavy atom. The highest BCUT2D eigenvalue weighted by Gasteiger charge is 2.53. The van der Waals surface area contributed by atoms with Crippen LogP contribution < -0.4 is 5.69 Å². The number of cyclic esters (lactones) is 1. The molecule has 2 unspecified atom stereocenters. The summed E-state index contributed by atoms with van der Waals surface area (Å²) in [6.07, 6.45) is 4.87. The molecular weight excluding hydrogens is 296 g/mol. The van der Waals surface area contributed by atoms with Gasteiger partial charge in [-0.05, 0) is 31.9 Å². The predicted molar refractivity (Wildman–Crippen MR) is 80.8 cm³/mol. The lowest BCUT2D eigenvalue weighted by atomic mass is 9.81. The molecule has 4 heterocycles. The van der Waals surface area contributed by atoms with E-state index in [1.807, 2.05) is 26.0 Å². The Labute approximate surface area is 132 Å². The van der Waals surface area contributed by atoms with E-state index in [0.717, 1.165) is 12.0 Å². The number of carbonyl (C=O) groups is 1. The summed E-state index contributed by atoms with van der Waals surface area (Å²) in [5.41, 5.74) is 0.105. The van der Waals surface area contributed by atoms with Gasteiger partial charge in [-0.3, -0.25) is 9.55 Å². The fourth-order valence-electron chi connectivity index (χ4n) is 3.70. The predicted octanol–water partition coefficient (Wildman–Crippen LogP) is 0.927. The van der Waals surface area contributed by atoms with Crippen LogP contribution in [0.4, 0.5) is 0 Å². The highest BCUT2D eigenvalue weighted by Crippen LogP contribution is 2.44. The zero-order chi connectivity index (χ0) is 16.2. The van der Waals surface area contributed by atoms with Crippen molar-refractivity contribution in [3.05, 3.63) is 46.4 Å². The molecule has 2 atom stereocenters. The Morgan fingerprint density at radius 3 is 2.96 bits per heavy atom. The number of ether oxygens (including phenoxy) is 1. The van der Waals surface area contributed by atoms with E-state index in [4.69, 9.17) is 4.74 Å². The van der Waals surface area contributed by atoms with Crippen LogP contribution in [0.1, 0.15) is 37.7 Å². The number of aromatic nitrogens is 4. The fourth-order valence-corrected chi connectivity index (χ4v) is 3.70. The summed E-state index contributed by atoms with van der Waals surface area (Å²) >= 11 is 0. The van der Waals surface area contributed by atoms with E-state index >= 15 is 0 Å². The van der Waals surface area contributed by atoms with Crippen molar-refractivity contribution in [2.45, 2.75) is 44.9 Å². The molecule has 2 aliphatic heterocycles. The number of aryl methyl sites for hydroxylation is 1. The molecule has 1 fully saturated rings. The summed E-state index contributed by atoms with van der Waals surface area (Å²) in [6.45, 7) is 4.17. The highest BCUT2D eigenvalue weighted by atomic mass is 16.6. The summed E-state index contributed by atoms with van der Waals surface area (Å²) in [4.78, 5) is 29.1. The van der Waals surface area contributed by atoms with E-state index in [2.05, 4.69) is 10.1 Å². The van der Waals surface area contributed by atoms with Crippen LogP contribution in [0.5, 0.6) is 0 Å². The maximum Gasteiger partial charge on any atom is 0.347 e. The molecule has 0 N–H and O–H groups in total. The molecule has 2 aromatic heterocycles. The largest absolute Gasteiger partial charge is 0.458 e. The molecule has 2 aromatic rings. The van der Waals surface area contributed by atoms with Gasteiger partial charge < -0.3 is 4.74 Å². The van der Waals surface area contributed by atoms with Crippen molar-refractivity contribution in [3.63, 3.8) is 0 Å². The van der Waals surface area contributed by atoms with Crippen LogP contribution in [0.15, 0.2) is 29.3 Å². The van der Waals surface area contributed by atoms with Crippen LogP contribution in [-0.4, -0.2) is 30.9 Å². The van der Waals surface area contributed by atoms with Crippen LogP contribution >= 0.6 is 0 Å². The van der Waals surface area contributed by atoms with Crippen molar-refractivity contribution in [1.29, 1.82) is 0 Å². The monoisotopic (exact) mass is 314 g/mol. The molecule has 1 saturated heterocycles. The number of carbonyl (C=O) groups excluding carboxylic acids is 1. The maximum absolute atomic E-state index is 12.8. The highest BCUT2D eigenvalue weighted by molar-refractivity contribution is 5.78. The minimum atomic E-state index is -0.552. The molecule has 0 radical (unpaired) electrons. The van der Waals surface area contributed by atoms with Gasteiger partial charge in [0.15, 0.2) is 0 Å². The second kappa shape index (κ2) is 4.78. The van der Waals surface area contributed by atoms with Gasteiger partial charge in [-0.15, -0.1) is 0 Å². The molecule has 0 amide bonds. The van der Waals surface area contributed by atoms with Crippen molar-refractivity contribution in [2.24, 2.45) is 5.92 Å². The second-order valence-electron chi connectivity index (χ2n) is 6.70. The van der Waals surface area contributed by atoms with Gasteiger partial charge in [-0.1, -0.05) is 6.07 Å². The molecular formula is C16H18N4O3. The van der Waals surface area contributed by atoms with Crippen LogP contribution in [0.3, 0.4) is 0 Å². The zero-order valence-corrected chi connectivity index (χ0v) is 13.1. The molecule has 0 spiro atoms. The van der Waals surface area contributed by atoms with Crippen molar-refractivity contribution in [1.82, 2.24) is 19.3 Å². The summed E-state index contributed by atoms with van der Waals surface area (Å²) < 4.78 is 8.43. The van der Waals surface area contributed by atoms with E-state index in [1.165, 1.54) is 9.25 Å². The number of fused-ring (bicyclic) bond motifs is 3. The third kappa shape index (κ3) is 2.10. The van der Waals surface area contributed by atoms with E-state index < -0.39 is 11.6 Å². The minimum absolute atomic E-state index is 0.0104. The summed E-state index contributed by atoms with van der Waals surface area (Å²) in [6, 6.07) is 3.17. The van der Waals surface area contributed by atoms with Gasteiger partial charge >= 0.3 is 11.7 Å². The van der Waals surface area contributed by atoms with E-state index in [-0.39, 0.29) is 17.6 Å². The van der Waals surface area contributed by atoms with Crippen molar-refractivity contribution < 1.29 is 9.53 Å². The molecule has 0 aliphatic carbocycles. The SMILES string of the molecule is CC1(C)OC(=O)C2C1CCc1nn(Cc3cccnc3)c(=O)n12. The summed E-state index contributed by atoms with van der Waals surface area (Å²) in [5.74, 6) is 0.343. The molecule has 0 bridgehead atoms. The lowest BCUT2D eigenvalue weighted by Gasteiger charge is -2.29. The standard InChI is InChI=1S/C16H18N4O3/c1-16(2)11-5-6-12-18-19(9-10-4-3-7-17-8-10)15(22)20(12)13(11)14(21)23-16/h3-4,7-8,11,13H,5-6,9H2,1-2H3. The minimum Gasteiger partial charge on any atom is -0.458 e. The number of esters is 1. The Hall–Kier alpha value is -2.44. The third-order valence-electron chi connectivity index (χ3n) is 4.83. The second-order valence-corrected chi connectivity index (χ2v) is 6.70. The van der Waals surface area contributed by atoms with Gasteiger partial charge in [0.1, 0.15) is 17.5 Å². The first kappa shape index (κ1) is 14.2. The quantitative estimate of drug-likeness (QED) is 0.770. The summed E-state index contributed by atoms with van der Waals surface area (Å²) in [7, 11) is 0. The van der Waals surface area contributed by atoms with E-state index in [1.54, 1.807) is 12.4 Å². The third-order valence-corrected chi connectivity index (χ3v) is 4.83. The van der Waals surface area contributed by atoms with Crippen molar-refractivity contribution in [3.8, 4) is 0 Å². The lowest BCUT2D eigenvalue weighted by molar-refractivity contribution is -0.148. The summed E-state index contributed by atoms with van der Waals surface area (Å²) in [5, 5.41) is 4.42. The normalized spacial score (nSPS) is 24.9. The topological polar surface area (TPSA) is 79.0 Å². The molecule has 7 heteroatoms. The van der Waals surface area contributed by atoms with Gasteiger partial charge in [-0.2, -0.15) is 5.10 Å². The van der Waals surface area contributed by atoms with Gasteiger partial charge in [0, 0.05) is 24.7 Å². The number of hydrogen-bond acceptors (Lipinski definition) is 5. The van der Waals surface area contributed by atoms with Crippen LogP contribution in [0, 0.1) is 5.92 Å². The van der Waals surface area contributed by atoms with Gasteiger partial charge in [0.25, 0.3) is 0 Å². The first-order valence-electron chi connectivity index (χ1n) is 7.77. The average Bonchev–Trinajstić information content (AvgIpc) is 2.95. The Bertz CT molecular complexity index is 822. The average molecular weight is 314 g/mol. The molecule has 4 rings (SSSR count). The van der Waals surface area contributed by atoms with E-state index in [0.29, 0.717) is 18.8 Å². The number of rotatable bonds is 2. The number of pyridine rings is 1. The molecule has 23 heavy (non-hydrogen) atoms. The maximum atomic E-state index is 12.8. The number of hydrogen-bond donors (Lipinski definition) is 0. The van der Waals surface area contributed by atoms with Crippen LogP contribution in [-0.2, 0) is 22.5 Å². The molecule has 7 nitrogen and oxygen atoms in total. The first-order valence-corrected chi connectivity index (χ1v) is 7.77. The van der Waals surface area contributed by atoms with Crippen molar-refractivity contribution >= 4 is 5.97 Å².